The van der Waals surface area contributed by atoms with Gasteiger partial charge in [-0.1, -0.05) is 139 Å². The van der Waals surface area contributed by atoms with Crippen LogP contribution in [0.4, 0.5) is 0 Å². The molecule has 0 saturated carbocycles. The number of carbonyl (C=O) groups excluding carboxylic acids is 6. The molecule has 0 saturated heterocycles. The van der Waals surface area contributed by atoms with E-state index in [2.05, 4.69) is 0 Å². The number of rotatable bonds is 9. The normalized spacial score (nSPS) is 15.3. The van der Waals surface area contributed by atoms with Crippen LogP contribution in [0.3, 0.4) is 0 Å². The molecule has 18 rings (SSSR count). The summed E-state index contributed by atoms with van der Waals surface area (Å²) in [5.41, 5.74) is 10.6. The predicted octanol–water partition coefficient (Wildman–Crippen LogP) is 19.3. The smallest absolute Gasteiger partial charge is 0.231 e. The highest BCUT2D eigenvalue weighted by Gasteiger charge is 2.33. The van der Waals surface area contributed by atoms with E-state index in [4.69, 9.17) is 42.6 Å². The molecule has 20 nitrogen and oxygen atoms in total. The number of benzene rings is 12. The first-order chi connectivity index (χ1) is 56.1. The number of aryl methyl sites for hydroxylation is 3. The number of phenols is 5. The third-order valence-corrected chi connectivity index (χ3v) is 18.2. The Morgan fingerprint density at radius 1 is 0.267 bits per heavy atom. The second kappa shape index (κ2) is 35.1. The van der Waals surface area contributed by atoms with Crippen LogP contribution in [0, 0.1) is 20.8 Å². The Bertz CT molecular complexity index is 6070. The van der Waals surface area contributed by atoms with Crippen LogP contribution in [-0.2, 0) is 0 Å². The van der Waals surface area contributed by atoms with Gasteiger partial charge in [-0.25, -0.2) is 0 Å². The maximum atomic E-state index is 12.3. The van der Waals surface area contributed by atoms with Crippen molar-refractivity contribution in [1.82, 2.24) is 0 Å². The Morgan fingerprint density at radius 3 is 1.03 bits per heavy atom. The molecule has 576 valence electrons. The van der Waals surface area contributed by atoms with Gasteiger partial charge in [-0.05, 0) is 219 Å². The summed E-state index contributed by atoms with van der Waals surface area (Å²) in [7, 11) is 4.66. The first-order valence-corrected chi connectivity index (χ1v) is 36.1. The molecule has 0 fully saturated rings. The van der Waals surface area contributed by atoms with Gasteiger partial charge in [0.2, 0.25) is 34.7 Å². The summed E-state index contributed by atoms with van der Waals surface area (Å²) in [6, 6.07) is 75.1. The highest BCUT2D eigenvalue weighted by Crippen LogP contribution is 2.41. The predicted molar refractivity (Wildman–Crippen MR) is 437 cm³/mol. The summed E-state index contributed by atoms with van der Waals surface area (Å²) in [6.45, 7) is 5.79. The number of ether oxygens (including phenoxy) is 9. The number of ketones is 6. The van der Waals surface area contributed by atoms with Crippen molar-refractivity contribution in [2.45, 2.75) is 20.8 Å². The van der Waals surface area contributed by atoms with Crippen molar-refractivity contribution in [3.8, 4) is 80.5 Å². The van der Waals surface area contributed by atoms with Gasteiger partial charge in [-0.2, -0.15) is 0 Å². The Kier molecular flexibility index (Phi) is 23.7. The number of para-hydroxylation sites is 6. The molecule has 6 heterocycles. The standard InChI is InChI=1S/C18H16O4.C17H14O4.C16H12O3.3C15H10O3/c1-11-8-12(10-16(20-2)18(11)21-3)9-15-17(19)13-6-4-5-7-14(13)22-15;1-10-6-7-13-12(8-10)17(19)15(21-13)9-11-4-3-5-14(20-2)16(11)18;1-10-2-7-14-13(8-10)16(18)15(19-14)9-11-3-5-12(17)6-4-11;16-12-7-3-1-5-10(12)9-14-15(17)11-6-2-4-8-13(11)18-14;16-11-5-3-4-10(8-11)9-14-15(17)12-6-1-2-7-13(12)18-14;16-11-7-5-10(6-8-11)9-14-15(17)12-3-1-2-4-13(12)18-14/h4-10H,1-3H3;3-9,18H,1-2H3;2-9,17H,1H3;3*1-9,16H/b3*15-9-;3*14-9-. The van der Waals surface area contributed by atoms with Gasteiger partial charge < -0.3 is 68.2 Å². The fourth-order valence-electron chi connectivity index (χ4n) is 12.5. The van der Waals surface area contributed by atoms with E-state index < -0.39 is 0 Å². The quantitative estimate of drug-likeness (QED) is 0.0839. The average Bonchev–Trinajstić information content (AvgIpc) is 1.66. The number of carbonyl (C=O) groups is 6. The van der Waals surface area contributed by atoms with E-state index in [0.29, 0.717) is 114 Å². The zero-order valence-corrected chi connectivity index (χ0v) is 63.1. The molecule has 5 N–H and O–H groups in total. The van der Waals surface area contributed by atoms with Gasteiger partial charge in [0.25, 0.3) is 0 Å². The molecule has 20 heteroatoms. The van der Waals surface area contributed by atoms with Crippen LogP contribution in [0.2, 0.25) is 0 Å². The molecule has 12 aromatic carbocycles. The van der Waals surface area contributed by atoms with Gasteiger partial charge in [0, 0.05) is 11.1 Å². The highest BCUT2D eigenvalue weighted by atomic mass is 16.5. The summed E-state index contributed by atoms with van der Waals surface area (Å²) < 4.78 is 48.9. The second-order valence-corrected chi connectivity index (χ2v) is 26.4. The van der Waals surface area contributed by atoms with E-state index >= 15 is 0 Å². The summed E-state index contributed by atoms with van der Waals surface area (Å²) in [5, 5.41) is 47.5. The minimum Gasteiger partial charge on any atom is -0.508 e. The third kappa shape index (κ3) is 18.0. The van der Waals surface area contributed by atoms with Crippen LogP contribution in [0.25, 0.3) is 36.5 Å². The average molecular weight is 1550 g/mol. The van der Waals surface area contributed by atoms with Gasteiger partial charge in [0.1, 0.15) is 57.5 Å². The Balaban J connectivity index is 0.000000121. The Hall–Kier alpha value is -15.7. The van der Waals surface area contributed by atoms with Crippen molar-refractivity contribution >= 4 is 71.2 Å². The molecule has 0 radical (unpaired) electrons. The second-order valence-electron chi connectivity index (χ2n) is 26.4. The number of fused-ring (bicyclic) bond motifs is 6. The van der Waals surface area contributed by atoms with Gasteiger partial charge in [-0.15, -0.1) is 0 Å². The van der Waals surface area contributed by atoms with E-state index in [1.807, 2.05) is 87.5 Å². The van der Waals surface area contributed by atoms with Crippen LogP contribution in [0.1, 0.15) is 112 Å². The largest absolute Gasteiger partial charge is 0.508 e. The van der Waals surface area contributed by atoms with Crippen molar-refractivity contribution in [3.05, 3.63) is 379 Å². The first kappa shape index (κ1) is 78.4. The maximum Gasteiger partial charge on any atom is 0.231 e. The number of hydrogen-bond donors (Lipinski definition) is 5. The van der Waals surface area contributed by atoms with E-state index in [-0.39, 0.29) is 80.7 Å². The fraction of sp³-hybridized carbons (Fsp3) is 0.0625. The van der Waals surface area contributed by atoms with Gasteiger partial charge in [0.05, 0.1) is 54.7 Å². The van der Waals surface area contributed by atoms with E-state index in [9.17, 15) is 54.3 Å². The molecule has 116 heavy (non-hydrogen) atoms. The fourth-order valence-corrected chi connectivity index (χ4v) is 12.5. The number of Topliss-reactive ketones (excluding diaryl/α,β-unsaturated/α-hetero) is 6. The zero-order valence-electron chi connectivity index (χ0n) is 63.1. The molecule has 0 unspecified atom stereocenters. The van der Waals surface area contributed by atoms with E-state index in [0.717, 1.165) is 38.9 Å². The monoisotopic (exact) mass is 1540 g/mol. The van der Waals surface area contributed by atoms with E-state index in [1.54, 1.807) is 239 Å². The molecule has 12 aromatic rings. The van der Waals surface area contributed by atoms with Crippen molar-refractivity contribution < 1.29 is 96.9 Å². The highest BCUT2D eigenvalue weighted by molar-refractivity contribution is 6.18. The summed E-state index contributed by atoms with van der Waals surface area (Å²) in [5.74, 6) is 6.61. The number of aromatic hydroxyl groups is 5. The van der Waals surface area contributed by atoms with Crippen molar-refractivity contribution in [3.63, 3.8) is 0 Å². The summed E-state index contributed by atoms with van der Waals surface area (Å²) in [4.78, 5) is 72.9. The minimum atomic E-state index is -0.184. The van der Waals surface area contributed by atoms with Crippen molar-refractivity contribution in [1.29, 1.82) is 0 Å². The topological polar surface area (TPSA) is 287 Å². The molecule has 0 bridgehead atoms. The van der Waals surface area contributed by atoms with Crippen molar-refractivity contribution in [2.75, 3.05) is 21.3 Å². The molecule has 0 aromatic heterocycles. The number of allylic oxidation sites excluding steroid dienone is 6. The number of methoxy groups -OCH3 is 3. The van der Waals surface area contributed by atoms with Gasteiger partial charge in [-0.3, -0.25) is 28.8 Å². The molecule has 0 spiro atoms. The Morgan fingerprint density at radius 2 is 0.621 bits per heavy atom. The molecule has 0 amide bonds. The molecular formula is C96H72O20. The Labute approximate surface area is 666 Å². The van der Waals surface area contributed by atoms with Gasteiger partial charge in [0.15, 0.2) is 57.6 Å². The minimum absolute atomic E-state index is 0.0176. The lowest BCUT2D eigenvalue weighted by atomic mass is 10.1. The molecule has 0 atom stereocenters. The zero-order chi connectivity index (χ0) is 81.7. The van der Waals surface area contributed by atoms with Crippen LogP contribution in [0.5, 0.6) is 80.5 Å². The van der Waals surface area contributed by atoms with Crippen LogP contribution >= 0.6 is 0 Å². The molecule has 0 aliphatic carbocycles. The lowest BCUT2D eigenvalue weighted by Gasteiger charge is -2.11. The first-order valence-electron chi connectivity index (χ1n) is 36.1. The lowest BCUT2D eigenvalue weighted by Crippen LogP contribution is -1.99. The molecule has 6 aliphatic rings. The van der Waals surface area contributed by atoms with E-state index in [1.165, 1.54) is 13.2 Å². The number of hydrogen-bond acceptors (Lipinski definition) is 20. The lowest BCUT2D eigenvalue weighted by molar-refractivity contribution is 0.101. The summed E-state index contributed by atoms with van der Waals surface area (Å²) >= 11 is 0. The third-order valence-electron chi connectivity index (χ3n) is 18.2. The van der Waals surface area contributed by atoms with Crippen LogP contribution < -0.4 is 42.6 Å². The molecular weight excluding hydrogens is 1470 g/mol. The number of phenolic OH excluding ortho intramolecular Hbond substituents is 5. The van der Waals surface area contributed by atoms with Crippen molar-refractivity contribution in [2.24, 2.45) is 0 Å². The summed E-state index contributed by atoms with van der Waals surface area (Å²) in [6.07, 6.45) is 9.77. The van der Waals surface area contributed by atoms with Crippen LogP contribution in [-0.4, -0.2) is 81.6 Å². The maximum absolute atomic E-state index is 12.3. The SMILES string of the molecule is COc1cc(/C=C2\Oc3ccccc3C2=O)cc(C)c1OC.COc1cccc(/C=C2\Oc3ccc(C)cc3C2=O)c1O.Cc1ccc2c(c1)C(=O)/C(=C/c1ccc(O)cc1)O2.O=C1/C(=C/c2ccc(O)cc2)Oc2ccccc21.O=C1/C(=C/c2cccc(O)c2)Oc2ccccc21.O=C1/C(=C/c2ccccc2O)Oc2ccccc21. The molecule has 6 aliphatic heterocycles. The van der Waals surface area contributed by atoms with Crippen LogP contribution in [0.15, 0.2) is 295 Å². The van der Waals surface area contributed by atoms with Gasteiger partial charge >= 0.3 is 0 Å².